The number of aliphatic hydroxyl groups is 1. The van der Waals surface area contributed by atoms with Crippen LogP contribution in [-0.4, -0.2) is 21.9 Å². The van der Waals surface area contributed by atoms with Gasteiger partial charge in [-0.05, 0) is 35.4 Å². The number of halogens is 1. The van der Waals surface area contributed by atoms with Crippen LogP contribution >= 0.6 is 11.6 Å². The van der Waals surface area contributed by atoms with Crippen molar-refractivity contribution in [3.8, 4) is 0 Å². The molecule has 0 amide bonds. The molecule has 3 rings (SSSR count). The fourth-order valence-electron chi connectivity index (χ4n) is 3.15. The largest absolute Gasteiger partial charge is 0.381 e. The van der Waals surface area contributed by atoms with Gasteiger partial charge in [-0.15, -0.1) is 0 Å². The SMILES string of the molecule is O=C(C[C@@H]1c2ccccc2[C@H](O)[C@H]1[N+](=O)[O-])c1ccc(Cl)cc1. The second-order valence-corrected chi connectivity index (χ2v) is 6.03. The Balaban J connectivity index is 1.92. The zero-order valence-electron chi connectivity index (χ0n) is 12.1. The summed E-state index contributed by atoms with van der Waals surface area (Å²) >= 11 is 5.80. The van der Waals surface area contributed by atoms with Crippen molar-refractivity contribution in [2.45, 2.75) is 24.5 Å². The highest BCUT2D eigenvalue weighted by molar-refractivity contribution is 6.30. The van der Waals surface area contributed by atoms with Gasteiger partial charge in [0.1, 0.15) is 6.10 Å². The molecule has 0 aromatic heterocycles. The minimum atomic E-state index is -1.20. The van der Waals surface area contributed by atoms with E-state index in [0.717, 1.165) is 0 Å². The van der Waals surface area contributed by atoms with Crippen molar-refractivity contribution in [2.75, 3.05) is 0 Å². The Hall–Kier alpha value is -2.24. The van der Waals surface area contributed by atoms with Crippen molar-refractivity contribution in [3.63, 3.8) is 0 Å². The lowest BCUT2D eigenvalue weighted by atomic mass is 9.90. The molecule has 1 N–H and O–H groups in total. The first-order chi connectivity index (χ1) is 11.0. The molecule has 23 heavy (non-hydrogen) atoms. The molecule has 0 fully saturated rings. The zero-order valence-corrected chi connectivity index (χ0v) is 12.8. The van der Waals surface area contributed by atoms with E-state index in [1.807, 2.05) is 0 Å². The molecular formula is C17H14ClNO4. The number of nitro groups is 1. The molecule has 0 radical (unpaired) electrons. The van der Waals surface area contributed by atoms with Crippen LogP contribution in [0.3, 0.4) is 0 Å². The van der Waals surface area contributed by atoms with Gasteiger partial charge in [-0.25, -0.2) is 0 Å². The third-order valence-corrected chi connectivity index (χ3v) is 4.52. The number of hydrogen-bond acceptors (Lipinski definition) is 4. The van der Waals surface area contributed by atoms with Gasteiger partial charge in [0.15, 0.2) is 5.78 Å². The van der Waals surface area contributed by atoms with Gasteiger partial charge in [0.2, 0.25) is 6.04 Å². The van der Waals surface area contributed by atoms with E-state index >= 15 is 0 Å². The summed E-state index contributed by atoms with van der Waals surface area (Å²) in [6.07, 6.45) is -1.22. The van der Waals surface area contributed by atoms with E-state index < -0.39 is 23.0 Å². The average Bonchev–Trinajstić information content (AvgIpc) is 2.81. The Labute approximate surface area is 137 Å². The zero-order chi connectivity index (χ0) is 16.6. The molecular weight excluding hydrogens is 318 g/mol. The van der Waals surface area contributed by atoms with Crippen LogP contribution in [-0.2, 0) is 0 Å². The Bertz CT molecular complexity index is 759. The van der Waals surface area contributed by atoms with Crippen LogP contribution in [0.15, 0.2) is 48.5 Å². The highest BCUT2D eigenvalue weighted by Gasteiger charge is 2.48. The number of aliphatic hydroxyl groups excluding tert-OH is 1. The average molecular weight is 332 g/mol. The van der Waals surface area contributed by atoms with Gasteiger partial charge >= 0.3 is 0 Å². The predicted octanol–water partition coefficient (Wildman–Crippen LogP) is 3.39. The Morgan fingerprint density at radius 1 is 1.13 bits per heavy atom. The molecule has 0 saturated heterocycles. The molecule has 2 aromatic carbocycles. The van der Waals surface area contributed by atoms with Crippen LogP contribution in [0.4, 0.5) is 0 Å². The first-order valence-corrected chi connectivity index (χ1v) is 7.56. The summed E-state index contributed by atoms with van der Waals surface area (Å²) in [6, 6.07) is 12.1. The predicted molar refractivity (Wildman–Crippen MR) is 85.3 cm³/mol. The normalized spacial score (nSPS) is 22.6. The Morgan fingerprint density at radius 3 is 2.35 bits per heavy atom. The number of benzene rings is 2. The number of nitrogens with zero attached hydrogens (tertiary/aromatic N) is 1. The van der Waals surface area contributed by atoms with Crippen molar-refractivity contribution in [1.29, 1.82) is 0 Å². The van der Waals surface area contributed by atoms with Crippen molar-refractivity contribution >= 4 is 17.4 Å². The molecule has 1 aliphatic carbocycles. The van der Waals surface area contributed by atoms with E-state index in [2.05, 4.69) is 0 Å². The lowest BCUT2D eigenvalue weighted by molar-refractivity contribution is -0.537. The number of carbonyl (C=O) groups is 1. The molecule has 0 heterocycles. The maximum atomic E-state index is 12.4. The summed E-state index contributed by atoms with van der Waals surface area (Å²) in [7, 11) is 0. The maximum Gasteiger partial charge on any atom is 0.249 e. The Kier molecular flexibility index (Phi) is 4.15. The highest BCUT2D eigenvalue weighted by atomic mass is 35.5. The van der Waals surface area contributed by atoms with E-state index in [1.54, 1.807) is 48.5 Å². The van der Waals surface area contributed by atoms with Crippen LogP contribution in [0.25, 0.3) is 0 Å². The van der Waals surface area contributed by atoms with Crippen molar-refractivity contribution in [1.82, 2.24) is 0 Å². The maximum absolute atomic E-state index is 12.4. The minimum Gasteiger partial charge on any atom is -0.381 e. The number of carbonyl (C=O) groups excluding carboxylic acids is 1. The molecule has 2 aromatic rings. The fourth-order valence-corrected chi connectivity index (χ4v) is 3.28. The molecule has 0 unspecified atom stereocenters. The molecule has 0 spiro atoms. The van der Waals surface area contributed by atoms with Crippen LogP contribution < -0.4 is 0 Å². The van der Waals surface area contributed by atoms with Gasteiger partial charge in [0, 0.05) is 21.9 Å². The first-order valence-electron chi connectivity index (χ1n) is 7.18. The van der Waals surface area contributed by atoms with Gasteiger partial charge < -0.3 is 5.11 Å². The second kappa shape index (κ2) is 6.10. The number of rotatable bonds is 4. The van der Waals surface area contributed by atoms with E-state index in [9.17, 15) is 20.0 Å². The van der Waals surface area contributed by atoms with Gasteiger partial charge in [0.25, 0.3) is 0 Å². The molecule has 5 nitrogen and oxygen atoms in total. The van der Waals surface area contributed by atoms with E-state index in [0.29, 0.717) is 21.7 Å². The third-order valence-electron chi connectivity index (χ3n) is 4.26. The van der Waals surface area contributed by atoms with Gasteiger partial charge in [-0.1, -0.05) is 35.9 Å². The van der Waals surface area contributed by atoms with Crippen molar-refractivity contribution in [2.24, 2.45) is 0 Å². The molecule has 3 atom stereocenters. The molecule has 0 bridgehead atoms. The Morgan fingerprint density at radius 2 is 1.74 bits per heavy atom. The monoisotopic (exact) mass is 331 g/mol. The van der Waals surface area contributed by atoms with Crippen LogP contribution in [0.1, 0.15) is 39.9 Å². The van der Waals surface area contributed by atoms with Crippen LogP contribution in [0.5, 0.6) is 0 Å². The quantitative estimate of drug-likeness (QED) is 0.529. The summed E-state index contributed by atoms with van der Waals surface area (Å²) in [6.45, 7) is 0. The third kappa shape index (κ3) is 2.85. The van der Waals surface area contributed by atoms with Gasteiger partial charge in [-0.2, -0.15) is 0 Å². The van der Waals surface area contributed by atoms with Crippen LogP contribution in [0.2, 0.25) is 5.02 Å². The molecule has 0 saturated carbocycles. The van der Waals surface area contributed by atoms with Gasteiger partial charge in [0.05, 0.1) is 5.92 Å². The number of hydrogen-bond donors (Lipinski definition) is 1. The van der Waals surface area contributed by atoms with Crippen LogP contribution in [0, 0.1) is 10.1 Å². The minimum absolute atomic E-state index is 0.0264. The molecule has 1 aliphatic rings. The van der Waals surface area contributed by atoms with E-state index in [-0.39, 0.29) is 12.2 Å². The lowest BCUT2D eigenvalue weighted by Crippen LogP contribution is -2.29. The standard InChI is InChI=1S/C17H14ClNO4/c18-11-7-5-10(6-8-11)15(20)9-14-12-3-1-2-4-13(12)17(21)16(14)19(22)23/h1-8,14,16-17,21H,9H2/t14-,16+,17+/m1/s1. The highest BCUT2D eigenvalue weighted by Crippen LogP contribution is 2.44. The van der Waals surface area contributed by atoms with E-state index in [1.165, 1.54) is 0 Å². The first kappa shape index (κ1) is 15.6. The topological polar surface area (TPSA) is 80.4 Å². The summed E-state index contributed by atoms with van der Waals surface area (Å²) < 4.78 is 0. The summed E-state index contributed by atoms with van der Waals surface area (Å²) in [5, 5.41) is 22.1. The lowest BCUT2D eigenvalue weighted by Gasteiger charge is -2.15. The summed E-state index contributed by atoms with van der Waals surface area (Å²) in [5.41, 5.74) is 1.66. The fraction of sp³-hybridized carbons (Fsp3) is 0.235. The summed E-state index contributed by atoms with van der Waals surface area (Å²) in [5.74, 6) is -0.846. The molecule has 118 valence electrons. The molecule has 0 aliphatic heterocycles. The van der Waals surface area contributed by atoms with Gasteiger partial charge in [-0.3, -0.25) is 14.9 Å². The number of ketones is 1. The second-order valence-electron chi connectivity index (χ2n) is 5.59. The summed E-state index contributed by atoms with van der Waals surface area (Å²) in [4.78, 5) is 23.3. The van der Waals surface area contributed by atoms with Crippen molar-refractivity contribution < 1.29 is 14.8 Å². The number of fused-ring (bicyclic) bond motifs is 1. The number of Topliss-reactive ketones (excluding diaryl/α,β-unsaturated/α-hetero) is 1. The van der Waals surface area contributed by atoms with Crippen molar-refractivity contribution in [3.05, 3.63) is 80.4 Å². The van der Waals surface area contributed by atoms with E-state index in [4.69, 9.17) is 11.6 Å². The molecule has 6 heteroatoms. The smallest absolute Gasteiger partial charge is 0.249 e.